The van der Waals surface area contributed by atoms with Gasteiger partial charge in [-0.2, -0.15) is 8.42 Å². The van der Waals surface area contributed by atoms with E-state index >= 15 is 0 Å². The summed E-state index contributed by atoms with van der Waals surface area (Å²) in [6.45, 7) is 29.1. The van der Waals surface area contributed by atoms with Gasteiger partial charge in [0.1, 0.15) is 42.6 Å². The minimum Gasteiger partial charge on any atom is -0.417 e. The van der Waals surface area contributed by atoms with Gasteiger partial charge in [-0.15, -0.1) is 0 Å². The highest BCUT2D eigenvalue weighted by atomic mass is 79.9. The smallest absolute Gasteiger partial charge is 0.297 e. The van der Waals surface area contributed by atoms with Crippen molar-refractivity contribution < 1.29 is 59.8 Å². The molecule has 0 radical (unpaired) electrons. The van der Waals surface area contributed by atoms with Crippen LogP contribution in [0.4, 0.5) is 0 Å². The van der Waals surface area contributed by atoms with Gasteiger partial charge in [0, 0.05) is 51.6 Å². The number of aryl methyl sites for hydroxylation is 1. The molecule has 8 aliphatic rings. The molecule has 8 aliphatic heterocycles. The molecule has 18 atom stereocenters. The Hall–Kier alpha value is -1.67. The summed E-state index contributed by atoms with van der Waals surface area (Å²) in [7, 11) is -5.99. The highest BCUT2D eigenvalue weighted by molar-refractivity contribution is 9.11. The zero-order valence-corrected chi connectivity index (χ0v) is 46.5. The Balaban J connectivity index is 0.930. The van der Waals surface area contributed by atoms with Gasteiger partial charge >= 0.3 is 0 Å². The van der Waals surface area contributed by atoms with Crippen molar-refractivity contribution in [3.63, 3.8) is 0 Å². The highest BCUT2D eigenvalue weighted by Gasteiger charge is 2.68. The molecule has 8 heterocycles. The number of hydrogen-bond acceptors (Lipinski definition) is 13. The Bertz CT molecular complexity index is 2150. The first-order valence-corrected chi connectivity index (χ1v) is 31.3. The van der Waals surface area contributed by atoms with Crippen molar-refractivity contribution in [1.29, 1.82) is 0 Å². The van der Waals surface area contributed by atoms with Crippen LogP contribution in [-0.4, -0.2) is 121 Å². The van der Waals surface area contributed by atoms with Gasteiger partial charge in [-0.3, -0.25) is 8.98 Å². The zero-order valence-electron chi connectivity index (χ0n) is 43.1. The van der Waals surface area contributed by atoms with Gasteiger partial charge in [0.15, 0.2) is 14.1 Å². The summed E-state index contributed by atoms with van der Waals surface area (Å²) in [6.07, 6.45) is 3.80. The Kier molecular flexibility index (Phi) is 17.1. The third kappa shape index (κ3) is 12.2. The summed E-state index contributed by atoms with van der Waals surface area (Å²) in [5.41, 5.74) is 2.00. The molecule has 13 nitrogen and oxygen atoms in total. The molecule has 0 aliphatic carbocycles. The molecular formula is C54H81BrO13SSi. The van der Waals surface area contributed by atoms with Crippen molar-refractivity contribution in [3.8, 4) is 0 Å². The molecule has 1 aromatic rings. The number of Topliss-reactive ketones (excluding diaryl/α,β-unsaturated/α-hetero) is 1. The van der Waals surface area contributed by atoms with Crippen LogP contribution in [0.25, 0.3) is 0 Å². The highest BCUT2D eigenvalue weighted by Crippen LogP contribution is 2.54. The first kappa shape index (κ1) is 54.6. The maximum Gasteiger partial charge on any atom is 0.297 e. The molecule has 0 aromatic heterocycles. The quantitative estimate of drug-likeness (QED) is 0.0469. The predicted molar refractivity (Wildman–Crippen MR) is 271 cm³/mol. The number of fused-ring (bicyclic) bond motifs is 1. The Morgan fingerprint density at radius 2 is 1.64 bits per heavy atom. The number of halogens is 1. The van der Waals surface area contributed by atoms with Crippen molar-refractivity contribution >= 4 is 46.4 Å². The average Bonchev–Trinajstić information content (AvgIpc) is 3.82. The van der Waals surface area contributed by atoms with Crippen LogP contribution in [0, 0.1) is 30.6 Å². The molecule has 392 valence electrons. The van der Waals surface area contributed by atoms with E-state index in [9.17, 15) is 18.0 Å². The number of aldehydes is 1. The van der Waals surface area contributed by atoms with Crippen LogP contribution in [-0.2, 0) is 61.5 Å². The van der Waals surface area contributed by atoms with Crippen molar-refractivity contribution in [3.05, 3.63) is 53.0 Å². The minimum atomic E-state index is -4.06. The Morgan fingerprint density at radius 3 is 2.34 bits per heavy atom. The molecule has 6 bridgehead atoms. The summed E-state index contributed by atoms with van der Waals surface area (Å²) >= 11 is 3.43. The van der Waals surface area contributed by atoms with Gasteiger partial charge < -0.3 is 42.4 Å². The van der Waals surface area contributed by atoms with E-state index in [1.54, 1.807) is 24.3 Å². The molecule has 0 saturated carbocycles. The standard InChI is InChI=1S/C54H81BrO13SSi/c1-31-14-17-41(18-15-31)69(58,59)68-40(25-34(4)55)20-21-54-29-47-49(66-54)50-51(65-47)52(67-54)48-43(64-50)19-16-39(62-48)26-37(57)27-42-36(6)44(23-32(2)30-60-70(10,11)53(7,8)9)63-46(42)28-45-35(5)33(3)24-38(61-45)13-12-22-56/h14-15,17-18,22,32-33,36,38-40,42-52H,4-5,12-13,16,19-21,23-30H2,1-3,6-11H3/t32-,33+,36+,38?,39+,40+,42+,43-,44+,45+,46?,47+,48-,49?,50-,51+,52?,54-/m0/s1. The molecule has 8 saturated heterocycles. The van der Waals surface area contributed by atoms with Crippen molar-refractivity contribution in [2.24, 2.45) is 23.7 Å². The molecule has 1 aromatic carbocycles. The largest absolute Gasteiger partial charge is 0.417 e. The second kappa shape index (κ2) is 21.9. The average molecular weight is 1080 g/mol. The van der Waals surface area contributed by atoms with Gasteiger partial charge in [0.05, 0.1) is 53.7 Å². The third-order valence-corrected chi connectivity index (χ3v) is 23.3. The van der Waals surface area contributed by atoms with Crippen LogP contribution >= 0.6 is 15.9 Å². The first-order valence-electron chi connectivity index (χ1n) is 26.2. The summed E-state index contributed by atoms with van der Waals surface area (Å²) in [5, 5.41) is 0.117. The van der Waals surface area contributed by atoms with Gasteiger partial charge in [-0.25, -0.2) is 0 Å². The molecule has 4 unspecified atom stereocenters. The van der Waals surface area contributed by atoms with E-state index in [1.807, 2.05) is 6.92 Å². The predicted octanol–water partition coefficient (Wildman–Crippen LogP) is 10.3. The number of ether oxygens (including phenoxy) is 7. The van der Waals surface area contributed by atoms with Crippen LogP contribution in [0.5, 0.6) is 0 Å². The SMILES string of the molecule is C=C(Br)C[C@@H](CC[C@@]12C[C@H]3O[C@H]4C(O1)[C@H]1O[C@@H](CC(=O)C[C@H]5C(C[C@H]6OC(CCC=O)C[C@@H](C)C6=C)O[C@H](C[C@H](C)CO[Si](C)(C)C(C)(C)C)[C@@H]5C)CC[C@@H]1O[C@H]4C3O2)OS(=O)(=O)c1ccc(C)cc1. The topological polar surface area (TPSA) is 151 Å². The summed E-state index contributed by atoms with van der Waals surface area (Å²) in [4.78, 5) is 25.9. The van der Waals surface area contributed by atoms with Gasteiger partial charge in [0.2, 0.25) is 0 Å². The van der Waals surface area contributed by atoms with Crippen molar-refractivity contribution in [1.82, 2.24) is 0 Å². The lowest BCUT2D eigenvalue weighted by Gasteiger charge is -2.47. The second-order valence-corrected chi connectivity index (χ2v) is 31.1. The fourth-order valence-electron chi connectivity index (χ4n) is 12.0. The number of carbonyl (C=O) groups excluding carboxylic acids is 2. The molecular weight excluding hydrogens is 997 g/mol. The zero-order chi connectivity index (χ0) is 50.5. The number of rotatable bonds is 22. The summed E-state index contributed by atoms with van der Waals surface area (Å²) in [5.74, 6) is -0.291. The van der Waals surface area contributed by atoms with E-state index in [0.29, 0.717) is 68.9 Å². The van der Waals surface area contributed by atoms with E-state index < -0.39 is 48.6 Å². The maximum atomic E-state index is 14.5. The normalized spacial score (nSPS) is 38.0. The Labute approximate surface area is 427 Å². The minimum absolute atomic E-state index is 0.0201. The third-order valence-electron chi connectivity index (χ3n) is 17.1. The number of carbonyl (C=O) groups is 2. The lowest BCUT2D eigenvalue weighted by molar-refractivity contribution is -0.292. The fraction of sp³-hybridized carbons (Fsp3) is 0.778. The second-order valence-electron chi connectivity index (χ2n) is 23.6. The number of benzene rings is 1. The van der Waals surface area contributed by atoms with Crippen LogP contribution in [0.3, 0.4) is 0 Å². The van der Waals surface area contributed by atoms with E-state index in [1.165, 1.54) is 0 Å². The van der Waals surface area contributed by atoms with Gasteiger partial charge in [-0.05, 0) is 109 Å². The lowest BCUT2D eigenvalue weighted by Crippen LogP contribution is -2.61. The fourth-order valence-corrected chi connectivity index (χ4v) is 14.6. The van der Waals surface area contributed by atoms with E-state index in [-0.39, 0.29) is 107 Å². The van der Waals surface area contributed by atoms with Crippen molar-refractivity contribution in [2.45, 2.75) is 240 Å². The van der Waals surface area contributed by atoms with Crippen molar-refractivity contribution in [2.75, 3.05) is 6.61 Å². The van der Waals surface area contributed by atoms with Crippen LogP contribution in [0.2, 0.25) is 18.1 Å². The monoisotopic (exact) mass is 1080 g/mol. The van der Waals surface area contributed by atoms with Crippen LogP contribution < -0.4 is 0 Å². The van der Waals surface area contributed by atoms with E-state index in [4.69, 9.17) is 41.8 Å². The molecule has 70 heavy (non-hydrogen) atoms. The van der Waals surface area contributed by atoms with Crippen LogP contribution in [0.1, 0.15) is 131 Å². The number of ketones is 1. The summed E-state index contributed by atoms with van der Waals surface area (Å²) < 4.78 is 87.8. The Morgan fingerprint density at radius 1 is 0.943 bits per heavy atom. The lowest BCUT2D eigenvalue weighted by atomic mass is 9.78. The molecule has 16 heteroatoms. The van der Waals surface area contributed by atoms with E-state index in [2.05, 4.69) is 83.7 Å². The summed E-state index contributed by atoms with van der Waals surface area (Å²) in [6, 6.07) is 6.61. The molecule has 0 spiro atoms. The van der Waals surface area contributed by atoms with E-state index in [0.717, 1.165) is 30.3 Å². The molecule has 0 amide bonds. The van der Waals surface area contributed by atoms with Gasteiger partial charge in [-0.1, -0.05) is 88.3 Å². The molecule has 8 fully saturated rings. The number of hydrogen-bond donors (Lipinski definition) is 0. The molecule has 9 rings (SSSR count). The maximum absolute atomic E-state index is 14.5. The van der Waals surface area contributed by atoms with Gasteiger partial charge in [0.25, 0.3) is 10.1 Å². The first-order chi connectivity index (χ1) is 32.9. The van der Waals surface area contributed by atoms with Crippen LogP contribution in [0.15, 0.2) is 52.4 Å². The molecule has 0 N–H and O–H groups in total.